The summed E-state index contributed by atoms with van der Waals surface area (Å²) in [6.45, 7) is 4.55. The van der Waals surface area contributed by atoms with Gasteiger partial charge in [0.2, 0.25) is 0 Å². The third-order valence-corrected chi connectivity index (χ3v) is 6.11. The molecule has 3 aliphatic rings. The minimum Gasteiger partial charge on any atom is -0.465 e. The van der Waals surface area contributed by atoms with Gasteiger partial charge in [0.05, 0.1) is 0 Å². The molecule has 2 bridgehead atoms. The molecule has 6 heteroatoms. The fourth-order valence-corrected chi connectivity index (χ4v) is 5.02. The number of rotatable bonds is 2. The number of nitrogens with two attached hydrogens (primary N) is 1. The number of fused-ring (bicyclic) bond motifs is 3. The Kier molecular flexibility index (Phi) is 3.76. The smallest absolute Gasteiger partial charge is 0.407 e. The van der Waals surface area contributed by atoms with Crippen molar-refractivity contribution >= 4 is 12.0 Å². The molecule has 3 N–H and O–H groups in total. The van der Waals surface area contributed by atoms with Gasteiger partial charge in [-0.25, -0.2) is 4.79 Å². The second kappa shape index (κ2) is 5.73. The predicted octanol–water partition coefficient (Wildman–Crippen LogP) is 2.64. The molecule has 3 atom stereocenters. The van der Waals surface area contributed by atoms with Crippen molar-refractivity contribution < 1.29 is 14.7 Å². The van der Waals surface area contributed by atoms with Crippen LogP contribution in [0.25, 0.3) is 0 Å². The average Bonchev–Trinajstić information content (AvgIpc) is 3.01. The van der Waals surface area contributed by atoms with Crippen LogP contribution in [-0.2, 0) is 6.54 Å². The molecule has 2 saturated heterocycles. The van der Waals surface area contributed by atoms with Gasteiger partial charge in [0.15, 0.2) is 0 Å². The van der Waals surface area contributed by atoms with E-state index >= 15 is 0 Å². The van der Waals surface area contributed by atoms with Gasteiger partial charge in [0.25, 0.3) is 5.91 Å². The summed E-state index contributed by atoms with van der Waals surface area (Å²) in [6.07, 6.45) is 2.49. The Hall–Kier alpha value is -2.08. The van der Waals surface area contributed by atoms with E-state index in [1.54, 1.807) is 4.90 Å². The maximum absolute atomic E-state index is 13.0. The van der Waals surface area contributed by atoms with E-state index in [4.69, 9.17) is 5.73 Å². The second-order valence-corrected chi connectivity index (χ2v) is 7.80. The van der Waals surface area contributed by atoms with Gasteiger partial charge in [-0.2, -0.15) is 0 Å². The molecular formula is C19H25N3O3. The highest BCUT2D eigenvalue weighted by molar-refractivity contribution is 5.99. The molecule has 134 valence electrons. The molecule has 1 aromatic rings. The first-order valence-corrected chi connectivity index (χ1v) is 9.08. The van der Waals surface area contributed by atoms with Crippen LogP contribution in [0.2, 0.25) is 0 Å². The summed E-state index contributed by atoms with van der Waals surface area (Å²) in [5.41, 5.74) is 10.1. The summed E-state index contributed by atoms with van der Waals surface area (Å²) in [6, 6.07) is 4.15. The summed E-state index contributed by atoms with van der Waals surface area (Å²) in [4.78, 5) is 28.1. The first kappa shape index (κ1) is 16.4. The van der Waals surface area contributed by atoms with Gasteiger partial charge in [-0.3, -0.25) is 4.79 Å². The van der Waals surface area contributed by atoms with Crippen LogP contribution >= 0.6 is 0 Å². The largest absolute Gasteiger partial charge is 0.465 e. The Morgan fingerprint density at radius 3 is 2.44 bits per heavy atom. The van der Waals surface area contributed by atoms with Crippen molar-refractivity contribution in [3.8, 4) is 0 Å². The molecular weight excluding hydrogens is 318 g/mol. The lowest BCUT2D eigenvalue weighted by molar-refractivity contribution is 0.0451. The number of carboxylic acid groups (broad SMARTS) is 1. The standard InChI is InChI=1S/C19H25N3O3/c1-10-5-15(11(2)20)17-9-21(18(23)16(17)6-10)14-7-12-3-4-13(8-14)22(12)19(24)25/h5-6,11-14H,3-4,7-9,20H2,1-2H3,(H,24,25). The van der Waals surface area contributed by atoms with E-state index in [-0.39, 0.29) is 30.1 Å². The topological polar surface area (TPSA) is 86.9 Å². The Labute approximate surface area is 147 Å². The van der Waals surface area contributed by atoms with Gasteiger partial charge >= 0.3 is 6.09 Å². The second-order valence-electron chi connectivity index (χ2n) is 7.80. The van der Waals surface area contributed by atoms with Gasteiger partial charge in [-0.05, 0) is 62.3 Å². The summed E-state index contributed by atoms with van der Waals surface area (Å²) >= 11 is 0. The number of piperidine rings is 1. The van der Waals surface area contributed by atoms with Crippen molar-refractivity contribution in [1.29, 1.82) is 0 Å². The number of amides is 2. The molecule has 0 aliphatic carbocycles. The molecule has 3 unspecified atom stereocenters. The normalized spacial score (nSPS) is 29.1. The molecule has 4 rings (SSSR count). The lowest BCUT2D eigenvalue weighted by atomic mass is 9.96. The third-order valence-electron chi connectivity index (χ3n) is 6.11. The molecule has 0 aromatic heterocycles. The van der Waals surface area contributed by atoms with Crippen LogP contribution in [0.1, 0.15) is 65.7 Å². The maximum atomic E-state index is 13.0. The predicted molar refractivity (Wildman–Crippen MR) is 93.4 cm³/mol. The van der Waals surface area contributed by atoms with E-state index in [0.29, 0.717) is 6.54 Å². The van der Waals surface area contributed by atoms with Crippen LogP contribution in [0, 0.1) is 6.92 Å². The Balaban J connectivity index is 1.61. The maximum Gasteiger partial charge on any atom is 0.407 e. The molecule has 1 aromatic carbocycles. The van der Waals surface area contributed by atoms with Crippen molar-refractivity contribution in [3.05, 3.63) is 34.4 Å². The molecule has 3 heterocycles. The highest BCUT2D eigenvalue weighted by Crippen LogP contribution is 2.40. The zero-order valence-corrected chi connectivity index (χ0v) is 14.7. The van der Waals surface area contributed by atoms with Crippen molar-refractivity contribution in [3.63, 3.8) is 0 Å². The molecule has 25 heavy (non-hydrogen) atoms. The zero-order valence-electron chi connectivity index (χ0n) is 14.7. The number of hydrogen-bond acceptors (Lipinski definition) is 3. The number of aryl methyl sites for hydroxylation is 1. The number of benzene rings is 1. The highest BCUT2D eigenvalue weighted by atomic mass is 16.4. The van der Waals surface area contributed by atoms with Gasteiger partial charge in [0, 0.05) is 36.3 Å². The van der Waals surface area contributed by atoms with Gasteiger partial charge in [0.1, 0.15) is 0 Å². The lowest BCUT2D eigenvalue weighted by Gasteiger charge is -2.40. The Morgan fingerprint density at radius 1 is 1.24 bits per heavy atom. The average molecular weight is 343 g/mol. The Morgan fingerprint density at radius 2 is 1.88 bits per heavy atom. The van der Waals surface area contributed by atoms with E-state index in [1.807, 2.05) is 24.8 Å². The molecule has 0 radical (unpaired) electrons. The fourth-order valence-electron chi connectivity index (χ4n) is 5.02. The quantitative estimate of drug-likeness (QED) is 0.864. The molecule has 2 amide bonds. The van der Waals surface area contributed by atoms with E-state index < -0.39 is 6.09 Å². The van der Waals surface area contributed by atoms with Gasteiger partial charge in [-0.15, -0.1) is 0 Å². The summed E-state index contributed by atoms with van der Waals surface area (Å²) < 4.78 is 0. The third kappa shape index (κ3) is 2.51. The minimum absolute atomic E-state index is 0.0485. The molecule has 6 nitrogen and oxygen atoms in total. The SMILES string of the molecule is Cc1cc2c(c(C(C)N)c1)CN(C1CC3CCC(C1)N3C(=O)O)C2=O. The minimum atomic E-state index is -0.822. The first-order valence-electron chi connectivity index (χ1n) is 9.08. The lowest BCUT2D eigenvalue weighted by Crippen LogP contribution is -2.52. The monoisotopic (exact) mass is 343 g/mol. The van der Waals surface area contributed by atoms with Crippen molar-refractivity contribution in [2.75, 3.05) is 0 Å². The van der Waals surface area contributed by atoms with Crippen LogP contribution in [0.3, 0.4) is 0 Å². The fraction of sp³-hybridized carbons (Fsp3) is 0.579. The summed E-state index contributed by atoms with van der Waals surface area (Å²) in [7, 11) is 0. The van der Waals surface area contributed by atoms with Crippen LogP contribution in [0.4, 0.5) is 4.79 Å². The van der Waals surface area contributed by atoms with Gasteiger partial charge < -0.3 is 20.6 Å². The number of nitrogens with zero attached hydrogens (tertiary/aromatic N) is 2. The van der Waals surface area contributed by atoms with Crippen LogP contribution in [-0.4, -0.2) is 45.0 Å². The molecule has 0 spiro atoms. The summed E-state index contributed by atoms with van der Waals surface area (Å²) in [5.74, 6) is 0.0776. The summed E-state index contributed by atoms with van der Waals surface area (Å²) in [5, 5.41) is 9.42. The van der Waals surface area contributed by atoms with E-state index in [1.165, 1.54) is 0 Å². The van der Waals surface area contributed by atoms with E-state index in [0.717, 1.165) is 47.9 Å². The van der Waals surface area contributed by atoms with Gasteiger partial charge in [-0.1, -0.05) is 6.07 Å². The number of carbonyl (C=O) groups is 2. The van der Waals surface area contributed by atoms with E-state index in [2.05, 4.69) is 6.07 Å². The molecule has 0 saturated carbocycles. The first-order chi connectivity index (χ1) is 11.9. The van der Waals surface area contributed by atoms with E-state index in [9.17, 15) is 14.7 Å². The van der Waals surface area contributed by atoms with Crippen LogP contribution in [0.5, 0.6) is 0 Å². The highest BCUT2D eigenvalue weighted by Gasteiger charge is 2.47. The van der Waals surface area contributed by atoms with Crippen LogP contribution < -0.4 is 5.73 Å². The van der Waals surface area contributed by atoms with Crippen molar-refractivity contribution in [1.82, 2.24) is 9.80 Å². The molecule has 2 fully saturated rings. The number of hydrogen-bond donors (Lipinski definition) is 2. The number of carbonyl (C=O) groups excluding carboxylic acids is 1. The van der Waals surface area contributed by atoms with Crippen LogP contribution in [0.15, 0.2) is 12.1 Å². The Bertz CT molecular complexity index is 732. The zero-order chi connectivity index (χ0) is 17.9. The van der Waals surface area contributed by atoms with Crippen molar-refractivity contribution in [2.45, 2.75) is 70.2 Å². The van der Waals surface area contributed by atoms with Crippen molar-refractivity contribution in [2.24, 2.45) is 5.73 Å². The molecule has 3 aliphatic heterocycles.